The summed E-state index contributed by atoms with van der Waals surface area (Å²) in [6.07, 6.45) is 0.844. The summed E-state index contributed by atoms with van der Waals surface area (Å²) < 4.78 is 5.87. The fourth-order valence-corrected chi connectivity index (χ4v) is 2.45. The third kappa shape index (κ3) is 3.20. The van der Waals surface area contributed by atoms with Crippen molar-refractivity contribution in [2.45, 2.75) is 13.3 Å². The minimum atomic E-state index is 0. The molecule has 1 heterocycles. The number of ether oxygens (including phenoxy) is 1. The number of nitrogens with zero attached hydrogens (tertiary/aromatic N) is 1. The average Bonchev–Trinajstić information content (AvgIpc) is 2.77. The summed E-state index contributed by atoms with van der Waals surface area (Å²) >= 11 is 0. The highest BCUT2D eigenvalue weighted by Gasteiger charge is 2.20. The normalized spacial score (nSPS) is 12.5. The first-order valence-corrected chi connectivity index (χ1v) is 6.77. The Morgan fingerprint density at radius 2 is 1.81 bits per heavy atom. The zero-order valence-electron chi connectivity index (χ0n) is 11.9. The van der Waals surface area contributed by atoms with Gasteiger partial charge in [-0.05, 0) is 55.8 Å². The van der Waals surface area contributed by atoms with E-state index < -0.39 is 0 Å². The molecule has 109 valence electrons. The van der Waals surface area contributed by atoms with Gasteiger partial charge in [-0.15, -0.1) is 12.4 Å². The molecule has 0 aromatic heterocycles. The van der Waals surface area contributed by atoms with Crippen LogP contribution in [0.1, 0.15) is 18.9 Å². The molecular formula is C17H18ClN2O. The lowest BCUT2D eigenvalue weighted by molar-refractivity contribution is 0.482. The summed E-state index contributed by atoms with van der Waals surface area (Å²) in [6.45, 7) is 2.66. The molecule has 0 fully saturated rings. The molecule has 3 nitrogen and oxygen atoms in total. The molecule has 4 heteroatoms. The Morgan fingerprint density at radius 1 is 1.05 bits per heavy atom. The highest BCUT2D eigenvalue weighted by atomic mass is 35.5. The predicted molar refractivity (Wildman–Crippen MR) is 88.3 cm³/mol. The van der Waals surface area contributed by atoms with E-state index in [1.54, 1.807) is 0 Å². The lowest BCUT2D eigenvalue weighted by Gasteiger charge is -2.08. The van der Waals surface area contributed by atoms with Crippen molar-refractivity contribution in [3.05, 3.63) is 59.8 Å². The number of para-hydroxylation sites is 1. The lowest BCUT2D eigenvalue weighted by atomic mass is 10.0. The number of benzene rings is 2. The molecule has 0 spiro atoms. The van der Waals surface area contributed by atoms with Crippen LogP contribution in [0.5, 0.6) is 11.5 Å². The van der Waals surface area contributed by atoms with Crippen LogP contribution in [-0.2, 0) is 0 Å². The van der Waals surface area contributed by atoms with Crippen molar-refractivity contribution in [1.82, 2.24) is 5.32 Å². The number of fused-ring (bicyclic) bond motifs is 1. The maximum atomic E-state index is 5.87. The van der Waals surface area contributed by atoms with E-state index >= 15 is 0 Å². The van der Waals surface area contributed by atoms with Crippen LogP contribution in [0.4, 0.5) is 5.69 Å². The Morgan fingerprint density at radius 3 is 2.52 bits per heavy atom. The van der Waals surface area contributed by atoms with Crippen molar-refractivity contribution in [3.63, 3.8) is 0 Å². The molecule has 2 aromatic rings. The second kappa shape index (κ2) is 6.66. The number of nitrogens with two attached hydrogens (primary N) is 1. The summed E-state index contributed by atoms with van der Waals surface area (Å²) in [5.74, 6) is 1.66. The molecule has 0 unspecified atom stereocenters. The van der Waals surface area contributed by atoms with Crippen LogP contribution in [0.3, 0.4) is 0 Å². The summed E-state index contributed by atoms with van der Waals surface area (Å²) in [7, 11) is 0. The van der Waals surface area contributed by atoms with Gasteiger partial charge in [-0.1, -0.05) is 18.2 Å². The highest BCUT2D eigenvalue weighted by Crippen LogP contribution is 2.39. The molecule has 2 N–H and O–H groups in total. The van der Waals surface area contributed by atoms with Crippen LogP contribution >= 0.6 is 12.4 Å². The number of hydrogen-bond acceptors (Lipinski definition) is 2. The first kappa shape index (κ1) is 15.4. The van der Waals surface area contributed by atoms with Gasteiger partial charge in [0.05, 0.1) is 5.69 Å². The Labute approximate surface area is 131 Å². The van der Waals surface area contributed by atoms with E-state index in [1.807, 2.05) is 55.5 Å². The maximum absolute atomic E-state index is 5.87. The van der Waals surface area contributed by atoms with E-state index in [0.717, 1.165) is 34.9 Å². The lowest BCUT2D eigenvalue weighted by Crippen LogP contribution is -2.00. The Balaban J connectivity index is 0.00000161. The largest absolute Gasteiger partial charge is 0.457 e. The van der Waals surface area contributed by atoms with Gasteiger partial charge < -0.3 is 10.5 Å². The molecule has 0 saturated carbocycles. The summed E-state index contributed by atoms with van der Waals surface area (Å²) in [4.78, 5) is 0. The van der Waals surface area contributed by atoms with E-state index in [-0.39, 0.29) is 12.4 Å². The van der Waals surface area contributed by atoms with Crippen molar-refractivity contribution >= 4 is 23.7 Å². The van der Waals surface area contributed by atoms with Gasteiger partial charge in [-0.2, -0.15) is 0 Å². The quantitative estimate of drug-likeness (QED) is 0.918. The molecule has 3 rings (SSSR count). The van der Waals surface area contributed by atoms with Crippen LogP contribution in [0.15, 0.2) is 54.2 Å². The SMILES string of the molecule is CC1=C(CCN)c2cc(Oc3ccccc3)ccc2[N]1.Cl. The van der Waals surface area contributed by atoms with E-state index in [1.165, 1.54) is 5.57 Å². The number of halogens is 1. The van der Waals surface area contributed by atoms with E-state index in [4.69, 9.17) is 10.5 Å². The molecule has 1 aliphatic heterocycles. The first-order chi connectivity index (χ1) is 9.78. The maximum Gasteiger partial charge on any atom is 0.128 e. The number of hydrogen-bond donors (Lipinski definition) is 1. The van der Waals surface area contributed by atoms with Crippen molar-refractivity contribution in [1.29, 1.82) is 0 Å². The van der Waals surface area contributed by atoms with Crippen molar-refractivity contribution in [2.75, 3.05) is 6.54 Å². The van der Waals surface area contributed by atoms with Crippen LogP contribution in [0.25, 0.3) is 5.57 Å². The van der Waals surface area contributed by atoms with E-state index in [9.17, 15) is 0 Å². The van der Waals surface area contributed by atoms with E-state index in [0.29, 0.717) is 6.54 Å². The second-order valence-electron chi connectivity index (χ2n) is 4.81. The van der Waals surface area contributed by atoms with Gasteiger partial charge in [-0.25, -0.2) is 0 Å². The van der Waals surface area contributed by atoms with Crippen molar-refractivity contribution < 1.29 is 4.74 Å². The fourth-order valence-electron chi connectivity index (χ4n) is 2.45. The smallest absolute Gasteiger partial charge is 0.128 e. The van der Waals surface area contributed by atoms with Crippen molar-refractivity contribution in [2.24, 2.45) is 5.73 Å². The van der Waals surface area contributed by atoms with E-state index in [2.05, 4.69) is 5.32 Å². The molecule has 0 amide bonds. The molecule has 21 heavy (non-hydrogen) atoms. The third-order valence-corrected chi connectivity index (χ3v) is 3.39. The first-order valence-electron chi connectivity index (χ1n) is 6.77. The fraction of sp³-hybridized carbons (Fsp3) is 0.176. The van der Waals surface area contributed by atoms with Crippen LogP contribution in [0.2, 0.25) is 0 Å². The molecule has 0 aliphatic carbocycles. The highest BCUT2D eigenvalue weighted by molar-refractivity contribution is 5.85. The standard InChI is InChI=1S/C17H17N2O.ClH/c1-12-15(9-10-18)16-11-14(7-8-17(16)19-12)20-13-5-3-2-4-6-13;/h2-8,11H,9-10,18H2,1H3;1H. The zero-order chi connectivity index (χ0) is 13.9. The Kier molecular flexibility index (Phi) is 4.89. The van der Waals surface area contributed by atoms with Gasteiger partial charge in [-0.3, -0.25) is 5.32 Å². The number of allylic oxidation sites excluding steroid dienone is 1. The van der Waals surface area contributed by atoms with Gasteiger partial charge >= 0.3 is 0 Å². The van der Waals surface area contributed by atoms with Crippen molar-refractivity contribution in [3.8, 4) is 11.5 Å². The van der Waals surface area contributed by atoms with Crippen LogP contribution in [0, 0.1) is 0 Å². The van der Waals surface area contributed by atoms with Crippen LogP contribution in [-0.4, -0.2) is 6.54 Å². The minimum Gasteiger partial charge on any atom is -0.457 e. The zero-order valence-corrected chi connectivity index (χ0v) is 12.7. The molecule has 1 radical (unpaired) electrons. The molecule has 1 aliphatic rings. The second-order valence-corrected chi connectivity index (χ2v) is 4.81. The average molecular weight is 302 g/mol. The summed E-state index contributed by atoms with van der Waals surface area (Å²) in [5.41, 5.74) is 10.1. The van der Waals surface area contributed by atoms with Gasteiger partial charge in [0.1, 0.15) is 11.5 Å². The molecule has 0 atom stereocenters. The predicted octanol–water partition coefficient (Wildman–Crippen LogP) is 4.23. The topological polar surface area (TPSA) is 49.4 Å². The third-order valence-electron chi connectivity index (χ3n) is 3.39. The summed E-state index contributed by atoms with van der Waals surface area (Å²) in [5, 5.41) is 4.57. The monoisotopic (exact) mass is 301 g/mol. The van der Waals surface area contributed by atoms with Gasteiger partial charge in [0, 0.05) is 11.3 Å². The van der Waals surface area contributed by atoms with Gasteiger partial charge in [0.25, 0.3) is 0 Å². The minimum absolute atomic E-state index is 0. The Bertz CT molecular complexity index is 653. The Hall–Kier alpha value is -1.97. The van der Waals surface area contributed by atoms with Crippen LogP contribution < -0.4 is 15.8 Å². The van der Waals surface area contributed by atoms with Gasteiger partial charge in [0.2, 0.25) is 0 Å². The molecule has 0 saturated heterocycles. The summed E-state index contributed by atoms with van der Waals surface area (Å²) in [6, 6.07) is 15.8. The van der Waals surface area contributed by atoms with Gasteiger partial charge in [0.15, 0.2) is 0 Å². The molecule has 0 bridgehead atoms. The molecule has 2 aromatic carbocycles. The number of rotatable bonds is 4. The molecular weight excluding hydrogens is 284 g/mol.